The maximum Gasteiger partial charge on any atom is 0.227 e. The van der Waals surface area contributed by atoms with Crippen LogP contribution in [0.3, 0.4) is 0 Å². The molecule has 1 aliphatic carbocycles. The van der Waals surface area contributed by atoms with E-state index < -0.39 is 0 Å². The predicted octanol–water partition coefficient (Wildman–Crippen LogP) is 1.94. The molecule has 23 heavy (non-hydrogen) atoms. The van der Waals surface area contributed by atoms with Gasteiger partial charge in [-0.1, -0.05) is 23.7 Å². The van der Waals surface area contributed by atoms with Crippen LogP contribution in [0.1, 0.15) is 26.2 Å². The minimum absolute atomic E-state index is 0.0703. The van der Waals surface area contributed by atoms with Crippen molar-refractivity contribution in [2.45, 2.75) is 31.7 Å². The topological polar surface area (TPSA) is 75.4 Å². The third-order valence-electron chi connectivity index (χ3n) is 4.95. The van der Waals surface area contributed by atoms with Gasteiger partial charge >= 0.3 is 0 Å². The average molecular weight is 336 g/mol. The normalized spacial score (nSPS) is 23.7. The summed E-state index contributed by atoms with van der Waals surface area (Å²) in [4.78, 5) is 26.5. The van der Waals surface area contributed by atoms with Crippen molar-refractivity contribution in [2.75, 3.05) is 18.0 Å². The van der Waals surface area contributed by atoms with Crippen molar-refractivity contribution in [2.24, 2.45) is 17.6 Å². The summed E-state index contributed by atoms with van der Waals surface area (Å²) < 4.78 is 0. The zero-order valence-corrected chi connectivity index (χ0v) is 14.0. The molecule has 3 rings (SSSR count). The molecule has 1 aromatic carbocycles. The number of amides is 2. The fourth-order valence-corrected chi connectivity index (χ4v) is 3.45. The van der Waals surface area contributed by atoms with Gasteiger partial charge in [-0.3, -0.25) is 9.59 Å². The molecule has 0 radical (unpaired) electrons. The zero-order valence-electron chi connectivity index (χ0n) is 13.2. The lowest BCUT2D eigenvalue weighted by Gasteiger charge is -2.30. The van der Waals surface area contributed by atoms with E-state index in [2.05, 4.69) is 5.32 Å². The number of nitrogens with two attached hydrogens (primary N) is 1. The van der Waals surface area contributed by atoms with Gasteiger partial charge < -0.3 is 16.0 Å². The highest BCUT2D eigenvalue weighted by atomic mass is 35.5. The fraction of sp³-hybridized carbons (Fsp3) is 0.529. The highest BCUT2D eigenvalue weighted by Gasteiger charge is 2.44. The van der Waals surface area contributed by atoms with Crippen molar-refractivity contribution in [3.8, 4) is 0 Å². The highest BCUT2D eigenvalue weighted by Crippen LogP contribution is 2.39. The summed E-state index contributed by atoms with van der Waals surface area (Å²) in [5.74, 6) is -0.0662. The number of nitrogens with zero attached hydrogens (tertiary/aromatic N) is 1. The minimum atomic E-state index is -0.363. The molecule has 2 fully saturated rings. The smallest absolute Gasteiger partial charge is 0.227 e. The van der Waals surface area contributed by atoms with Gasteiger partial charge in [-0.25, -0.2) is 0 Å². The third kappa shape index (κ3) is 3.21. The van der Waals surface area contributed by atoms with Gasteiger partial charge in [0.1, 0.15) is 0 Å². The Bertz CT molecular complexity index is 632. The Morgan fingerprint density at radius 1 is 1.43 bits per heavy atom. The van der Waals surface area contributed by atoms with E-state index in [-0.39, 0.29) is 29.7 Å². The summed E-state index contributed by atoms with van der Waals surface area (Å²) in [5.41, 5.74) is 6.15. The second-order valence-corrected chi connectivity index (χ2v) is 7.15. The van der Waals surface area contributed by atoms with Crippen LogP contribution in [0.5, 0.6) is 0 Å². The number of para-hydroxylation sites is 1. The molecule has 5 nitrogen and oxygen atoms in total. The monoisotopic (exact) mass is 335 g/mol. The maximum absolute atomic E-state index is 12.6. The molecule has 2 aliphatic rings. The molecule has 2 unspecified atom stereocenters. The van der Waals surface area contributed by atoms with Crippen molar-refractivity contribution in [1.82, 2.24) is 5.32 Å². The van der Waals surface area contributed by atoms with Crippen molar-refractivity contribution in [3.05, 3.63) is 29.3 Å². The van der Waals surface area contributed by atoms with Gasteiger partial charge in [0.15, 0.2) is 0 Å². The van der Waals surface area contributed by atoms with Crippen molar-refractivity contribution in [1.29, 1.82) is 0 Å². The first-order chi connectivity index (χ1) is 10.9. The lowest BCUT2D eigenvalue weighted by Crippen LogP contribution is -2.54. The Morgan fingerprint density at radius 3 is 2.74 bits per heavy atom. The van der Waals surface area contributed by atoms with E-state index in [9.17, 15) is 9.59 Å². The summed E-state index contributed by atoms with van der Waals surface area (Å²) in [5, 5.41) is 3.60. The number of carbonyl (C=O) groups excluding carboxylic acids is 2. The van der Waals surface area contributed by atoms with Crippen LogP contribution in [0.25, 0.3) is 0 Å². The number of rotatable bonds is 5. The number of carbonyl (C=O) groups is 2. The van der Waals surface area contributed by atoms with Crippen LogP contribution in [-0.4, -0.2) is 30.4 Å². The Kier molecular flexibility index (Phi) is 4.34. The second kappa shape index (κ2) is 6.13. The minimum Gasteiger partial charge on any atom is -0.349 e. The van der Waals surface area contributed by atoms with Gasteiger partial charge in [0.05, 0.1) is 22.2 Å². The number of hydrogen-bond donors (Lipinski definition) is 2. The van der Waals surface area contributed by atoms with Crippen LogP contribution in [-0.2, 0) is 9.59 Å². The van der Waals surface area contributed by atoms with Gasteiger partial charge in [-0.05, 0) is 37.8 Å². The fourth-order valence-electron chi connectivity index (χ4n) is 3.21. The molecule has 0 bridgehead atoms. The van der Waals surface area contributed by atoms with Gasteiger partial charge in [-0.15, -0.1) is 0 Å². The Balaban J connectivity index is 1.70. The molecule has 1 saturated heterocycles. The summed E-state index contributed by atoms with van der Waals surface area (Å²) in [7, 11) is 0. The summed E-state index contributed by atoms with van der Waals surface area (Å²) in [6.07, 6.45) is 2.41. The van der Waals surface area contributed by atoms with E-state index in [1.165, 1.54) is 0 Å². The molecule has 2 amide bonds. The first kappa shape index (κ1) is 16.3. The molecule has 6 heteroatoms. The van der Waals surface area contributed by atoms with E-state index >= 15 is 0 Å². The number of nitrogens with one attached hydrogen (secondary N) is 1. The summed E-state index contributed by atoms with van der Waals surface area (Å²) in [6.45, 7) is 2.77. The van der Waals surface area contributed by atoms with Crippen LogP contribution >= 0.6 is 11.6 Å². The molecule has 124 valence electrons. The number of benzene rings is 1. The van der Waals surface area contributed by atoms with Gasteiger partial charge in [0.2, 0.25) is 11.8 Å². The molecule has 0 spiro atoms. The molecule has 1 aliphatic heterocycles. The van der Waals surface area contributed by atoms with Crippen molar-refractivity contribution in [3.63, 3.8) is 0 Å². The van der Waals surface area contributed by atoms with Gasteiger partial charge in [0.25, 0.3) is 0 Å². The van der Waals surface area contributed by atoms with Crippen LogP contribution in [0, 0.1) is 11.8 Å². The number of halogens is 1. The van der Waals surface area contributed by atoms with Crippen LogP contribution < -0.4 is 16.0 Å². The molecule has 1 saturated carbocycles. The molecule has 0 aromatic heterocycles. The van der Waals surface area contributed by atoms with E-state index in [4.69, 9.17) is 17.3 Å². The Labute approximate surface area is 141 Å². The standard InChI is InChI=1S/C17H22ClN3O2/c1-17(10-19,12-6-7-12)20-16(23)11-8-15(22)21(9-11)14-5-3-2-4-13(14)18/h2-5,11-12H,6-10,19H2,1H3,(H,20,23). The predicted molar refractivity (Wildman–Crippen MR) is 90.2 cm³/mol. The first-order valence-corrected chi connectivity index (χ1v) is 8.39. The van der Waals surface area contributed by atoms with E-state index in [0.717, 1.165) is 12.8 Å². The molecule has 1 aromatic rings. The zero-order chi connectivity index (χ0) is 16.6. The van der Waals surface area contributed by atoms with E-state index in [1.54, 1.807) is 17.0 Å². The Morgan fingerprint density at radius 2 is 2.13 bits per heavy atom. The lowest BCUT2D eigenvalue weighted by molar-refractivity contribution is -0.128. The van der Waals surface area contributed by atoms with Crippen LogP contribution in [0.2, 0.25) is 5.02 Å². The third-order valence-corrected chi connectivity index (χ3v) is 5.27. The molecular weight excluding hydrogens is 314 g/mol. The summed E-state index contributed by atoms with van der Waals surface area (Å²) >= 11 is 6.16. The summed E-state index contributed by atoms with van der Waals surface area (Å²) in [6, 6.07) is 7.20. The second-order valence-electron chi connectivity index (χ2n) is 6.74. The maximum atomic E-state index is 12.6. The van der Waals surface area contributed by atoms with E-state index in [0.29, 0.717) is 29.7 Å². The quantitative estimate of drug-likeness (QED) is 0.863. The van der Waals surface area contributed by atoms with Crippen molar-refractivity contribution >= 4 is 29.1 Å². The highest BCUT2D eigenvalue weighted by molar-refractivity contribution is 6.33. The largest absolute Gasteiger partial charge is 0.349 e. The average Bonchev–Trinajstić information content (AvgIpc) is 3.31. The van der Waals surface area contributed by atoms with Gasteiger partial charge in [-0.2, -0.15) is 0 Å². The molecule has 2 atom stereocenters. The molecule has 1 heterocycles. The Hall–Kier alpha value is -1.59. The van der Waals surface area contributed by atoms with E-state index in [1.807, 2.05) is 19.1 Å². The van der Waals surface area contributed by atoms with Crippen molar-refractivity contribution < 1.29 is 9.59 Å². The first-order valence-electron chi connectivity index (χ1n) is 8.01. The molecule has 3 N–H and O–H groups in total. The number of anilines is 1. The van der Waals surface area contributed by atoms with Gasteiger partial charge in [0, 0.05) is 19.5 Å². The molecular formula is C17H22ClN3O2. The lowest BCUT2D eigenvalue weighted by atomic mass is 9.94. The van der Waals surface area contributed by atoms with Crippen LogP contribution in [0.15, 0.2) is 24.3 Å². The number of hydrogen-bond acceptors (Lipinski definition) is 3. The van der Waals surface area contributed by atoms with Crippen LogP contribution in [0.4, 0.5) is 5.69 Å². The SMILES string of the molecule is CC(CN)(NC(=O)C1CC(=O)N(c2ccccc2Cl)C1)C1CC1.